The molecule has 0 aliphatic rings. The van der Waals surface area contributed by atoms with E-state index in [4.69, 9.17) is 4.74 Å². The summed E-state index contributed by atoms with van der Waals surface area (Å²) in [6, 6.07) is 1.73. The average Bonchev–Trinajstić information content (AvgIpc) is 2.63. The summed E-state index contributed by atoms with van der Waals surface area (Å²) in [5, 5.41) is 14.2. The first-order valence-corrected chi connectivity index (χ1v) is 4.56. The molecule has 0 aliphatic heterocycles. The number of nitrogens with zero attached hydrogens (tertiary/aromatic N) is 3. The number of rotatable bonds is 6. The highest BCUT2D eigenvalue weighted by molar-refractivity contribution is 5.41. The van der Waals surface area contributed by atoms with Gasteiger partial charge in [0.2, 0.25) is 6.20 Å². The van der Waals surface area contributed by atoms with E-state index in [2.05, 4.69) is 5.10 Å². The maximum atomic E-state index is 10.1. The predicted molar refractivity (Wildman–Crippen MR) is 54.7 cm³/mol. The number of aromatic nitrogens is 2. The summed E-state index contributed by atoms with van der Waals surface area (Å²) in [4.78, 5) is 9.55. The summed E-state index contributed by atoms with van der Waals surface area (Å²) in [7, 11) is 1.65. The maximum Gasteiger partial charge on any atom is 0.236 e. The van der Waals surface area contributed by atoms with Crippen LogP contribution < -0.4 is 0 Å². The van der Waals surface area contributed by atoms with Crippen molar-refractivity contribution in [2.24, 2.45) is 0 Å². The molecular weight excluding hydrogens is 198 g/mol. The predicted octanol–water partition coefficient (Wildman–Crippen LogP) is 1.17. The molecule has 0 saturated carbocycles. The highest BCUT2D eigenvalue weighted by Crippen LogP contribution is 1.99. The Balaban J connectivity index is 2.45. The van der Waals surface area contributed by atoms with Gasteiger partial charge in [-0.2, -0.15) is 5.10 Å². The molecule has 0 atom stereocenters. The Bertz CT molecular complexity index is 346. The third-order valence-electron chi connectivity index (χ3n) is 1.76. The summed E-state index contributed by atoms with van der Waals surface area (Å²) in [5.74, 6) is 0. The Morgan fingerprint density at radius 1 is 1.73 bits per heavy atom. The second kappa shape index (κ2) is 5.92. The van der Waals surface area contributed by atoms with Gasteiger partial charge >= 0.3 is 0 Å². The van der Waals surface area contributed by atoms with Crippen LogP contribution in [0.1, 0.15) is 12.1 Å². The molecule has 1 aromatic rings. The van der Waals surface area contributed by atoms with Crippen LogP contribution in [-0.2, 0) is 11.3 Å². The zero-order chi connectivity index (χ0) is 11.1. The first-order chi connectivity index (χ1) is 7.22. The molecule has 0 amide bonds. The van der Waals surface area contributed by atoms with Gasteiger partial charge in [0.1, 0.15) is 0 Å². The molecule has 6 heteroatoms. The Kier molecular flexibility index (Phi) is 4.49. The first-order valence-electron chi connectivity index (χ1n) is 4.56. The van der Waals surface area contributed by atoms with Crippen LogP contribution >= 0.6 is 0 Å². The number of aryl methyl sites for hydroxylation is 1. The van der Waals surface area contributed by atoms with Crippen LogP contribution in [0.15, 0.2) is 18.5 Å². The van der Waals surface area contributed by atoms with Crippen molar-refractivity contribution in [3.63, 3.8) is 0 Å². The quantitative estimate of drug-likeness (QED) is 0.402. The molecule has 0 spiro atoms. The van der Waals surface area contributed by atoms with Crippen molar-refractivity contribution in [3.8, 4) is 0 Å². The van der Waals surface area contributed by atoms with Gasteiger partial charge in [-0.05, 0) is 12.5 Å². The van der Waals surface area contributed by atoms with Crippen LogP contribution in [0.3, 0.4) is 0 Å². The van der Waals surface area contributed by atoms with Crippen molar-refractivity contribution in [3.05, 3.63) is 34.3 Å². The molecule has 0 aliphatic carbocycles. The van der Waals surface area contributed by atoms with E-state index in [9.17, 15) is 10.1 Å². The second-order valence-corrected chi connectivity index (χ2v) is 2.95. The number of nitro groups is 1. The summed E-state index contributed by atoms with van der Waals surface area (Å²) < 4.78 is 6.64. The second-order valence-electron chi connectivity index (χ2n) is 2.95. The summed E-state index contributed by atoms with van der Waals surface area (Å²) in [6.45, 7) is 1.43. The van der Waals surface area contributed by atoms with Crippen molar-refractivity contribution < 1.29 is 9.66 Å². The average molecular weight is 211 g/mol. The Labute approximate surface area is 87.3 Å². The highest BCUT2D eigenvalue weighted by Gasteiger charge is 1.96. The molecule has 0 unspecified atom stereocenters. The van der Waals surface area contributed by atoms with Gasteiger partial charge in [-0.15, -0.1) is 0 Å². The van der Waals surface area contributed by atoms with Crippen molar-refractivity contribution in [1.82, 2.24) is 9.78 Å². The molecule has 6 nitrogen and oxygen atoms in total. The van der Waals surface area contributed by atoms with E-state index in [1.807, 2.05) is 0 Å². The van der Waals surface area contributed by atoms with Crippen molar-refractivity contribution in [2.45, 2.75) is 13.0 Å². The molecule has 0 fully saturated rings. The zero-order valence-electron chi connectivity index (χ0n) is 8.50. The summed E-state index contributed by atoms with van der Waals surface area (Å²) in [5.41, 5.74) is 0.587. The normalized spacial score (nSPS) is 11.0. The van der Waals surface area contributed by atoms with Gasteiger partial charge < -0.3 is 4.74 Å². The molecule has 0 bridgehead atoms. The van der Waals surface area contributed by atoms with E-state index in [0.29, 0.717) is 12.3 Å². The molecule has 82 valence electrons. The molecular formula is C9H13N3O3. The largest absolute Gasteiger partial charge is 0.385 e. The first kappa shape index (κ1) is 11.4. The Hall–Kier alpha value is -1.69. The zero-order valence-corrected chi connectivity index (χ0v) is 8.50. The third kappa shape index (κ3) is 4.37. The molecule has 15 heavy (non-hydrogen) atoms. The van der Waals surface area contributed by atoms with E-state index >= 15 is 0 Å². The van der Waals surface area contributed by atoms with Crippen molar-refractivity contribution >= 4 is 6.08 Å². The summed E-state index contributed by atoms with van der Waals surface area (Å²) >= 11 is 0. The fourth-order valence-electron chi connectivity index (χ4n) is 1.10. The van der Waals surface area contributed by atoms with Crippen LogP contribution in [0.4, 0.5) is 0 Å². The Morgan fingerprint density at radius 3 is 3.20 bits per heavy atom. The number of hydrogen-bond donors (Lipinski definition) is 0. The monoisotopic (exact) mass is 211 g/mol. The fraction of sp³-hybridized carbons (Fsp3) is 0.444. The van der Waals surface area contributed by atoms with Crippen LogP contribution in [0, 0.1) is 10.1 Å². The fourth-order valence-corrected chi connectivity index (χ4v) is 1.10. The van der Waals surface area contributed by atoms with Gasteiger partial charge in [0.05, 0.1) is 10.6 Å². The minimum atomic E-state index is -0.510. The van der Waals surface area contributed by atoms with Gasteiger partial charge in [0, 0.05) is 32.5 Å². The lowest BCUT2D eigenvalue weighted by Crippen LogP contribution is -2.01. The third-order valence-corrected chi connectivity index (χ3v) is 1.76. The van der Waals surface area contributed by atoms with Crippen LogP contribution in [0.25, 0.3) is 6.08 Å². The van der Waals surface area contributed by atoms with Crippen molar-refractivity contribution in [1.29, 1.82) is 0 Å². The van der Waals surface area contributed by atoms with Gasteiger partial charge in [-0.25, -0.2) is 0 Å². The minimum Gasteiger partial charge on any atom is -0.385 e. The Morgan fingerprint density at radius 2 is 2.53 bits per heavy atom. The van der Waals surface area contributed by atoms with Gasteiger partial charge in [-0.1, -0.05) is 0 Å². The standard InChI is InChI=1S/C9H13N3O3/c1-15-8-2-5-11-6-3-9(10-11)4-7-12(13)14/h3-4,6-7H,2,5,8H2,1H3/b7-4+. The number of hydrogen-bond acceptors (Lipinski definition) is 4. The number of ether oxygens (including phenoxy) is 1. The van der Waals surface area contributed by atoms with E-state index < -0.39 is 4.92 Å². The topological polar surface area (TPSA) is 70.2 Å². The minimum absolute atomic E-state index is 0.510. The summed E-state index contributed by atoms with van der Waals surface area (Å²) in [6.07, 6.45) is 4.90. The highest BCUT2D eigenvalue weighted by atomic mass is 16.6. The molecule has 1 rings (SSSR count). The van der Waals surface area contributed by atoms with Crippen LogP contribution in [0.2, 0.25) is 0 Å². The molecule has 0 saturated heterocycles. The van der Waals surface area contributed by atoms with E-state index in [0.717, 1.165) is 19.2 Å². The van der Waals surface area contributed by atoms with Gasteiger partial charge in [0.15, 0.2) is 0 Å². The maximum absolute atomic E-state index is 10.1. The van der Waals surface area contributed by atoms with Gasteiger partial charge in [-0.3, -0.25) is 14.8 Å². The van der Waals surface area contributed by atoms with E-state index in [1.165, 1.54) is 6.08 Å². The lowest BCUT2D eigenvalue weighted by atomic mass is 10.4. The molecule has 0 radical (unpaired) electrons. The lowest BCUT2D eigenvalue weighted by molar-refractivity contribution is -0.401. The van der Waals surface area contributed by atoms with Crippen LogP contribution in [-0.4, -0.2) is 28.4 Å². The number of methoxy groups -OCH3 is 1. The molecule has 1 heterocycles. The van der Waals surface area contributed by atoms with Crippen LogP contribution in [0.5, 0.6) is 0 Å². The smallest absolute Gasteiger partial charge is 0.236 e. The molecule has 1 aromatic heterocycles. The van der Waals surface area contributed by atoms with E-state index in [-0.39, 0.29) is 0 Å². The van der Waals surface area contributed by atoms with E-state index in [1.54, 1.807) is 24.1 Å². The molecule has 0 aromatic carbocycles. The van der Waals surface area contributed by atoms with Gasteiger partial charge in [0.25, 0.3) is 0 Å². The lowest BCUT2D eigenvalue weighted by Gasteiger charge is -1.99. The van der Waals surface area contributed by atoms with Crippen molar-refractivity contribution in [2.75, 3.05) is 13.7 Å². The SMILES string of the molecule is COCCCn1ccc(/C=C/[N+](=O)[O-])n1. The molecule has 0 N–H and O–H groups in total.